The van der Waals surface area contributed by atoms with E-state index in [1.165, 1.54) is 64.2 Å². The Morgan fingerprint density at radius 3 is 1.70 bits per heavy atom. The molecule has 0 saturated heterocycles. The van der Waals surface area contributed by atoms with E-state index in [2.05, 4.69) is 29.8 Å². The van der Waals surface area contributed by atoms with E-state index < -0.39 is 6.16 Å². The predicted octanol–water partition coefficient (Wildman–Crippen LogP) is 8.57. The van der Waals surface area contributed by atoms with Gasteiger partial charge in [-0.1, -0.05) is 94.0 Å². The summed E-state index contributed by atoms with van der Waals surface area (Å²) in [4.78, 5) is 12.0. The number of halogens is 1. The summed E-state index contributed by atoms with van der Waals surface area (Å²) >= 11 is 3.42. The molecule has 0 aromatic heterocycles. The van der Waals surface area contributed by atoms with Crippen molar-refractivity contribution in [2.75, 3.05) is 11.9 Å². The summed E-state index contributed by atoms with van der Waals surface area (Å²) in [6, 6.07) is 0. The van der Waals surface area contributed by atoms with Gasteiger partial charge in [0.1, 0.15) is 6.10 Å². The molecular formula is C23H45BrO3. The van der Waals surface area contributed by atoms with E-state index >= 15 is 0 Å². The van der Waals surface area contributed by atoms with Gasteiger partial charge in [0, 0.05) is 5.33 Å². The first-order valence-electron chi connectivity index (χ1n) is 11.6. The highest BCUT2D eigenvalue weighted by Crippen LogP contribution is 2.17. The molecule has 0 bridgehead atoms. The summed E-state index contributed by atoms with van der Waals surface area (Å²) in [6.45, 7) is 4.97. The highest BCUT2D eigenvalue weighted by atomic mass is 79.9. The van der Waals surface area contributed by atoms with Gasteiger partial charge in [-0.05, 0) is 44.9 Å². The van der Waals surface area contributed by atoms with Crippen LogP contribution >= 0.6 is 15.9 Å². The summed E-state index contributed by atoms with van der Waals surface area (Å²) < 4.78 is 10.9. The number of carbonyl (C=O) groups is 1. The number of ether oxygens (including phenoxy) is 2. The van der Waals surface area contributed by atoms with Gasteiger partial charge in [-0.3, -0.25) is 0 Å². The number of hydrogen-bond acceptors (Lipinski definition) is 3. The predicted molar refractivity (Wildman–Crippen MR) is 120 cm³/mol. The lowest BCUT2D eigenvalue weighted by atomic mass is 10.0. The van der Waals surface area contributed by atoms with Gasteiger partial charge in [-0.25, -0.2) is 4.79 Å². The minimum Gasteiger partial charge on any atom is -0.434 e. The Morgan fingerprint density at radius 2 is 1.19 bits per heavy atom. The van der Waals surface area contributed by atoms with E-state index in [0.717, 1.165) is 50.3 Å². The maximum atomic E-state index is 12.0. The van der Waals surface area contributed by atoms with E-state index in [0.29, 0.717) is 6.61 Å². The number of rotatable bonds is 20. The van der Waals surface area contributed by atoms with Crippen LogP contribution in [0.4, 0.5) is 4.79 Å². The Kier molecular flexibility index (Phi) is 21.8. The zero-order valence-electron chi connectivity index (χ0n) is 18.1. The normalized spacial score (nSPS) is 11.1. The van der Waals surface area contributed by atoms with Crippen molar-refractivity contribution in [2.45, 2.75) is 129 Å². The fraction of sp³-hybridized carbons (Fsp3) is 0.957. The monoisotopic (exact) mass is 448 g/mol. The maximum absolute atomic E-state index is 12.0. The first-order chi connectivity index (χ1) is 13.2. The molecule has 0 aromatic rings. The van der Waals surface area contributed by atoms with Gasteiger partial charge < -0.3 is 9.47 Å². The molecule has 0 N–H and O–H groups in total. The SMILES string of the molecule is CCCCCCCCC(CCCCCCCC)OC(=O)OCCCCCBr. The van der Waals surface area contributed by atoms with Gasteiger partial charge in [0.15, 0.2) is 0 Å². The lowest BCUT2D eigenvalue weighted by Crippen LogP contribution is -2.19. The van der Waals surface area contributed by atoms with Crippen molar-refractivity contribution in [1.82, 2.24) is 0 Å². The van der Waals surface area contributed by atoms with E-state index in [-0.39, 0.29) is 6.10 Å². The topological polar surface area (TPSA) is 35.5 Å². The molecule has 162 valence electrons. The highest BCUT2D eigenvalue weighted by molar-refractivity contribution is 9.09. The Hall–Kier alpha value is -0.250. The average molecular weight is 450 g/mol. The summed E-state index contributed by atoms with van der Waals surface area (Å²) in [5.41, 5.74) is 0. The molecule has 0 atom stereocenters. The lowest BCUT2D eigenvalue weighted by Gasteiger charge is -2.18. The van der Waals surface area contributed by atoms with Crippen LogP contribution in [0.5, 0.6) is 0 Å². The standard InChI is InChI=1S/C23H45BrO3/c1-3-5-7-9-11-14-18-22(19-15-12-10-8-6-4-2)27-23(25)26-21-17-13-16-20-24/h22H,3-21H2,1-2H3. The highest BCUT2D eigenvalue weighted by Gasteiger charge is 2.15. The third-order valence-electron chi connectivity index (χ3n) is 5.02. The molecule has 0 fully saturated rings. The van der Waals surface area contributed by atoms with E-state index in [4.69, 9.17) is 9.47 Å². The van der Waals surface area contributed by atoms with Crippen molar-refractivity contribution in [3.63, 3.8) is 0 Å². The second-order valence-corrected chi connectivity index (χ2v) is 8.49. The third kappa shape index (κ3) is 20.3. The van der Waals surface area contributed by atoms with Crippen LogP contribution in [0.25, 0.3) is 0 Å². The molecule has 0 heterocycles. The molecular weight excluding hydrogens is 404 g/mol. The van der Waals surface area contributed by atoms with Crippen molar-refractivity contribution in [2.24, 2.45) is 0 Å². The fourth-order valence-electron chi connectivity index (χ4n) is 3.27. The number of alkyl halides is 1. The van der Waals surface area contributed by atoms with Crippen molar-refractivity contribution >= 4 is 22.1 Å². The summed E-state index contributed by atoms with van der Waals surface area (Å²) in [7, 11) is 0. The molecule has 0 aliphatic rings. The second kappa shape index (κ2) is 22.0. The Balaban J connectivity index is 4.00. The molecule has 0 amide bonds. The summed E-state index contributed by atoms with van der Waals surface area (Å²) in [5.74, 6) is 0. The van der Waals surface area contributed by atoms with Crippen LogP contribution in [-0.4, -0.2) is 24.2 Å². The zero-order valence-corrected chi connectivity index (χ0v) is 19.7. The first kappa shape index (κ1) is 26.8. The summed E-state index contributed by atoms with van der Waals surface area (Å²) in [5, 5.41) is 1.01. The van der Waals surface area contributed by atoms with Gasteiger partial charge in [0.25, 0.3) is 0 Å². The Morgan fingerprint density at radius 1 is 0.704 bits per heavy atom. The second-order valence-electron chi connectivity index (χ2n) is 7.70. The van der Waals surface area contributed by atoms with E-state index in [1.807, 2.05) is 0 Å². The molecule has 0 aromatic carbocycles. The van der Waals surface area contributed by atoms with Crippen LogP contribution in [0.1, 0.15) is 123 Å². The fourth-order valence-corrected chi connectivity index (χ4v) is 3.66. The van der Waals surface area contributed by atoms with Crippen LogP contribution in [0, 0.1) is 0 Å². The number of hydrogen-bond donors (Lipinski definition) is 0. The van der Waals surface area contributed by atoms with Gasteiger partial charge in [-0.15, -0.1) is 0 Å². The molecule has 0 rings (SSSR count). The third-order valence-corrected chi connectivity index (χ3v) is 5.58. The lowest BCUT2D eigenvalue weighted by molar-refractivity contribution is 0.0155. The van der Waals surface area contributed by atoms with Crippen LogP contribution in [0.15, 0.2) is 0 Å². The van der Waals surface area contributed by atoms with Gasteiger partial charge in [0.05, 0.1) is 6.61 Å². The van der Waals surface area contributed by atoms with E-state index in [9.17, 15) is 4.79 Å². The van der Waals surface area contributed by atoms with Crippen LogP contribution < -0.4 is 0 Å². The van der Waals surface area contributed by atoms with Crippen LogP contribution in [0.3, 0.4) is 0 Å². The molecule has 27 heavy (non-hydrogen) atoms. The number of unbranched alkanes of at least 4 members (excludes halogenated alkanes) is 12. The summed E-state index contributed by atoms with van der Waals surface area (Å²) in [6.07, 6.45) is 20.0. The quantitative estimate of drug-likeness (QED) is 0.106. The first-order valence-corrected chi connectivity index (χ1v) is 12.8. The van der Waals surface area contributed by atoms with Crippen molar-refractivity contribution in [1.29, 1.82) is 0 Å². The molecule has 3 nitrogen and oxygen atoms in total. The molecule has 0 unspecified atom stereocenters. The van der Waals surface area contributed by atoms with Crippen molar-refractivity contribution < 1.29 is 14.3 Å². The van der Waals surface area contributed by atoms with Crippen LogP contribution in [-0.2, 0) is 9.47 Å². The van der Waals surface area contributed by atoms with Crippen molar-refractivity contribution in [3.8, 4) is 0 Å². The van der Waals surface area contributed by atoms with Crippen molar-refractivity contribution in [3.05, 3.63) is 0 Å². The number of carbonyl (C=O) groups excluding carboxylic acids is 1. The minimum absolute atomic E-state index is 0.0393. The molecule has 0 aliphatic carbocycles. The molecule has 0 spiro atoms. The van der Waals surface area contributed by atoms with Gasteiger partial charge in [0.2, 0.25) is 0 Å². The molecule has 0 aliphatic heterocycles. The van der Waals surface area contributed by atoms with Gasteiger partial charge >= 0.3 is 6.16 Å². The smallest absolute Gasteiger partial charge is 0.434 e. The minimum atomic E-state index is -0.462. The maximum Gasteiger partial charge on any atom is 0.508 e. The molecule has 4 heteroatoms. The Bertz CT molecular complexity index is 294. The zero-order chi connectivity index (χ0) is 20.0. The van der Waals surface area contributed by atoms with Gasteiger partial charge in [-0.2, -0.15) is 0 Å². The van der Waals surface area contributed by atoms with Crippen LogP contribution in [0.2, 0.25) is 0 Å². The average Bonchev–Trinajstić information content (AvgIpc) is 2.66. The Labute approximate surface area is 177 Å². The largest absolute Gasteiger partial charge is 0.508 e. The molecule has 0 saturated carbocycles. The van der Waals surface area contributed by atoms with E-state index in [1.54, 1.807) is 0 Å². The molecule has 0 radical (unpaired) electrons.